The van der Waals surface area contributed by atoms with E-state index in [0.29, 0.717) is 0 Å². The number of allylic oxidation sites excluding steroid dienone is 2. The van der Waals surface area contributed by atoms with Crippen LogP contribution in [0.25, 0.3) is 0 Å². The van der Waals surface area contributed by atoms with Gasteiger partial charge in [-0.1, -0.05) is 26.0 Å². The first-order valence-corrected chi connectivity index (χ1v) is 4.94. The van der Waals surface area contributed by atoms with Crippen molar-refractivity contribution in [2.45, 2.75) is 33.1 Å². The molecule has 1 saturated carbocycles. The summed E-state index contributed by atoms with van der Waals surface area (Å²) in [7, 11) is 0. The molecule has 11 heavy (non-hydrogen) atoms. The summed E-state index contributed by atoms with van der Waals surface area (Å²) in [6, 6.07) is 0. The first-order chi connectivity index (χ1) is 5.25. The molecule has 0 radical (unpaired) electrons. The van der Waals surface area contributed by atoms with Crippen molar-refractivity contribution in [2.24, 2.45) is 23.7 Å². The second kappa shape index (κ2) is 2.66. The lowest BCUT2D eigenvalue weighted by molar-refractivity contribution is 0.359. The monoisotopic (exact) mass is 150 g/mol. The third-order valence-corrected chi connectivity index (χ3v) is 3.19. The molecule has 3 atom stereocenters. The molecule has 0 heterocycles. The van der Waals surface area contributed by atoms with Gasteiger partial charge in [-0.2, -0.15) is 0 Å². The van der Waals surface area contributed by atoms with Gasteiger partial charge in [-0.3, -0.25) is 0 Å². The molecule has 2 aliphatic rings. The van der Waals surface area contributed by atoms with Crippen LogP contribution in [0.1, 0.15) is 33.1 Å². The molecule has 2 bridgehead atoms. The van der Waals surface area contributed by atoms with Gasteiger partial charge in [0.25, 0.3) is 0 Å². The standard InChI is InChI=1S/C11H18/c1-8(2)5-11-7-9-3-4-10(11)6-9/h3-4,8-11H,5-7H2,1-2H3/t9-,10+,11?/m0/s1. The van der Waals surface area contributed by atoms with Crippen LogP contribution >= 0.6 is 0 Å². The zero-order valence-electron chi connectivity index (χ0n) is 7.59. The Kier molecular flexibility index (Phi) is 1.78. The van der Waals surface area contributed by atoms with Gasteiger partial charge in [-0.05, 0) is 42.9 Å². The van der Waals surface area contributed by atoms with Crippen molar-refractivity contribution in [1.29, 1.82) is 0 Å². The molecule has 0 aromatic rings. The summed E-state index contributed by atoms with van der Waals surface area (Å²) in [5.74, 6) is 3.85. The van der Waals surface area contributed by atoms with E-state index in [9.17, 15) is 0 Å². The van der Waals surface area contributed by atoms with E-state index in [4.69, 9.17) is 0 Å². The molecule has 0 amide bonds. The van der Waals surface area contributed by atoms with Crippen molar-refractivity contribution in [3.63, 3.8) is 0 Å². The molecule has 1 unspecified atom stereocenters. The molecule has 0 nitrogen and oxygen atoms in total. The number of fused-ring (bicyclic) bond motifs is 2. The van der Waals surface area contributed by atoms with Gasteiger partial charge in [-0.15, -0.1) is 0 Å². The molecule has 2 rings (SSSR count). The first-order valence-electron chi connectivity index (χ1n) is 4.94. The van der Waals surface area contributed by atoms with Gasteiger partial charge < -0.3 is 0 Å². The highest BCUT2D eigenvalue weighted by molar-refractivity contribution is 5.09. The lowest BCUT2D eigenvalue weighted by Crippen LogP contribution is -2.09. The fourth-order valence-electron chi connectivity index (χ4n) is 2.77. The fraction of sp³-hybridized carbons (Fsp3) is 0.818. The molecule has 0 heteroatoms. The summed E-state index contributed by atoms with van der Waals surface area (Å²) < 4.78 is 0. The fourth-order valence-corrected chi connectivity index (χ4v) is 2.77. The van der Waals surface area contributed by atoms with Crippen LogP contribution in [-0.4, -0.2) is 0 Å². The van der Waals surface area contributed by atoms with Crippen molar-refractivity contribution in [1.82, 2.24) is 0 Å². The van der Waals surface area contributed by atoms with Crippen LogP contribution in [0.3, 0.4) is 0 Å². The van der Waals surface area contributed by atoms with Crippen LogP contribution < -0.4 is 0 Å². The van der Waals surface area contributed by atoms with Gasteiger partial charge in [-0.25, -0.2) is 0 Å². The van der Waals surface area contributed by atoms with Crippen LogP contribution in [0.5, 0.6) is 0 Å². The summed E-state index contributed by atoms with van der Waals surface area (Å²) in [5, 5.41) is 0. The molecular formula is C11H18. The Morgan fingerprint density at radius 3 is 2.55 bits per heavy atom. The third-order valence-electron chi connectivity index (χ3n) is 3.19. The van der Waals surface area contributed by atoms with Crippen molar-refractivity contribution in [3.05, 3.63) is 12.2 Å². The summed E-state index contributed by atoms with van der Waals surface area (Å²) >= 11 is 0. The molecule has 0 N–H and O–H groups in total. The summed E-state index contributed by atoms with van der Waals surface area (Å²) in [4.78, 5) is 0. The predicted octanol–water partition coefficient (Wildman–Crippen LogP) is 3.24. The average molecular weight is 150 g/mol. The summed E-state index contributed by atoms with van der Waals surface area (Å²) in [6.07, 6.45) is 9.30. The molecule has 2 aliphatic carbocycles. The quantitative estimate of drug-likeness (QED) is 0.530. The van der Waals surface area contributed by atoms with E-state index in [0.717, 1.165) is 23.7 Å². The van der Waals surface area contributed by atoms with Crippen LogP contribution in [0.2, 0.25) is 0 Å². The predicted molar refractivity (Wildman–Crippen MR) is 48.3 cm³/mol. The first kappa shape index (κ1) is 7.39. The maximum Gasteiger partial charge on any atom is -0.0199 e. The lowest BCUT2D eigenvalue weighted by Gasteiger charge is -2.19. The van der Waals surface area contributed by atoms with Crippen LogP contribution in [0.15, 0.2) is 12.2 Å². The Morgan fingerprint density at radius 1 is 1.27 bits per heavy atom. The molecular weight excluding hydrogens is 132 g/mol. The average Bonchev–Trinajstić information content (AvgIpc) is 2.45. The molecule has 0 aromatic carbocycles. The Hall–Kier alpha value is -0.260. The Morgan fingerprint density at radius 2 is 2.09 bits per heavy atom. The number of hydrogen-bond acceptors (Lipinski definition) is 0. The van der Waals surface area contributed by atoms with Gasteiger partial charge >= 0.3 is 0 Å². The molecule has 1 fully saturated rings. The van der Waals surface area contributed by atoms with E-state index >= 15 is 0 Å². The summed E-state index contributed by atoms with van der Waals surface area (Å²) in [6.45, 7) is 4.69. The van der Waals surface area contributed by atoms with E-state index < -0.39 is 0 Å². The Bertz CT molecular complexity index is 167. The number of rotatable bonds is 2. The van der Waals surface area contributed by atoms with Crippen molar-refractivity contribution >= 4 is 0 Å². The third kappa shape index (κ3) is 1.36. The van der Waals surface area contributed by atoms with E-state index in [2.05, 4.69) is 26.0 Å². The van der Waals surface area contributed by atoms with Crippen LogP contribution in [0, 0.1) is 23.7 Å². The highest BCUT2D eigenvalue weighted by Gasteiger charge is 2.35. The smallest absolute Gasteiger partial charge is 0.0199 e. The maximum atomic E-state index is 2.46. The molecule has 0 spiro atoms. The van der Waals surface area contributed by atoms with Crippen molar-refractivity contribution in [3.8, 4) is 0 Å². The topological polar surface area (TPSA) is 0 Å². The SMILES string of the molecule is CC(C)CC1C[C@H]2C=C[C@@H]1C2. The van der Waals surface area contributed by atoms with Crippen molar-refractivity contribution in [2.75, 3.05) is 0 Å². The highest BCUT2D eigenvalue weighted by Crippen LogP contribution is 2.45. The van der Waals surface area contributed by atoms with Gasteiger partial charge in [0.1, 0.15) is 0 Å². The molecule has 62 valence electrons. The van der Waals surface area contributed by atoms with Gasteiger partial charge in [0.15, 0.2) is 0 Å². The molecule has 0 aromatic heterocycles. The number of hydrogen-bond donors (Lipinski definition) is 0. The van der Waals surface area contributed by atoms with E-state index in [1.165, 1.54) is 19.3 Å². The van der Waals surface area contributed by atoms with Gasteiger partial charge in [0.2, 0.25) is 0 Å². The zero-order chi connectivity index (χ0) is 7.84. The molecule has 0 aliphatic heterocycles. The van der Waals surface area contributed by atoms with Crippen LogP contribution in [0.4, 0.5) is 0 Å². The van der Waals surface area contributed by atoms with E-state index in [-0.39, 0.29) is 0 Å². The lowest BCUT2D eigenvalue weighted by atomic mass is 9.86. The second-order valence-electron chi connectivity index (χ2n) is 4.67. The van der Waals surface area contributed by atoms with Crippen molar-refractivity contribution < 1.29 is 0 Å². The Labute approximate surface area is 69.7 Å². The minimum Gasteiger partial charge on any atom is -0.0851 e. The Balaban J connectivity index is 1.93. The molecule has 0 saturated heterocycles. The van der Waals surface area contributed by atoms with E-state index in [1.807, 2.05) is 0 Å². The maximum absolute atomic E-state index is 2.46. The van der Waals surface area contributed by atoms with E-state index in [1.54, 1.807) is 0 Å². The summed E-state index contributed by atoms with van der Waals surface area (Å²) in [5.41, 5.74) is 0. The normalized spacial score (nSPS) is 40.8. The highest BCUT2D eigenvalue weighted by atomic mass is 14.4. The van der Waals surface area contributed by atoms with Gasteiger partial charge in [0.05, 0.1) is 0 Å². The minimum absolute atomic E-state index is 0.896. The largest absolute Gasteiger partial charge is 0.0851 e. The van der Waals surface area contributed by atoms with Crippen LogP contribution in [-0.2, 0) is 0 Å². The second-order valence-corrected chi connectivity index (χ2v) is 4.67. The zero-order valence-corrected chi connectivity index (χ0v) is 7.59. The minimum atomic E-state index is 0.896. The van der Waals surface area contributed by atoms with Gasteiger partial charge in [0, 0.05) is 0 Å².